The summed E-state index contributed by atoms with van der Waals surface area (Å²) in [6.45, 7) is 0.439. The molecule has 0 bridgehead atoms. The molecule has 2 aromatic carbocycles. The second-order valence-corrected chi connectivity index (χ2v) is 5.89. The molecule has 0 aromatic heterocycles. The first-order valence-electron chi connectivity index (χ1n) is 8.19. The fraction of sp³-hybridized carbons (Fsp3) is 0.316. The van der Waals surface area contributed by atoms with Crippen LogP contribution < -0.4 is 29.6 Å². The Hall–Kier alpha value is -2.80. The van der Waals surface area contributed by atoms with Gasteiger partial charge in [-0.1, -0.05) is 11.6 Å². The fourth-order valence-electron chi connectivity index (χ4n) is 2.44. The van der Waals surface area contributed by atoms with Gasteiger partial charge in [-0.05, 0) is 12.1 Å². The molecule has 0 atom stereocenters. The summed E-state index contributed by atoms with van der Waals surface area (Å²) < 4.78 is 20.9. The van der Waals surface area contributed by atoms with Crippen molar-refractivity contribution in [1.82, 2.24) is 0 Å². The van der Waals surface area contributed by atoms with Crippen molar-refractivity contribution in [2.24, 2.45) is 0 Å². The summed E-state index contributed by atoms with van der Waals surface area (Å²) >= 11 is 6.07. The number of nitrogens with one attached hydrogen (secondary N) is 2. The SMILES string of the molecule is COc1cc(NC(=O)CCNc2ccc(OC)c(OC)c2)c(OC)cc1Cl. The number of halogens is 1. The lowest BCUT2D eigenvalue weighted by molar-refractivity contribution is -0.116. The number of carbonyl (C=O) groups excluding carboxylic acids is 1. The molecule has 0 saturated carbocycles. The highest BCUT2D eigenvalue weighted by Gasteiger charge is 2.12. The second-order valence-electron chi connectivity index (χ2n) is 5.48. The van der Waals surface area contributed by atoms with E-state index in [-0.39, 0.29) is 12.3 Å². The highest BCUT2D eigenvalue weighted by molar-refractivity contribution is 6.32. The summed E-state index contributed by atoms with van der Waals surface area (Å²) in [7, 11) is 6.16. The summed E-state index contributed by atoms with van der Waals surface area (Å²) in [5, 5.41) is 6.38. The van der Waals surface area contributed by atoms with E-state index in [2.05, 4.69) is 10.6 Å². The first-order chi connectivity index (χ1) is 13.0. The van der Waals surface area contributed by atoms with Gasteiger partial charge in [0.2, 0.25) is 5.91 Å². The van der Waals surface area contributed by atoms with Crippen molar-refractivity contribution in [2.45, 2.75) is 6.42 Å². The lowest BCUT2D eigenvalue weighted by Crippen LogP contribution is -2.16. The van der Waals surface area contributed by atoms with E-state index >= 15 is 0 Å². The summed E-state index contributed by atoms with van der Waals surface area (Å²) in [6.07, 6.45) is 0.252. The summed E-state index contributed by atoms with van der Waals surface area (Å²) in [6, 6.07) is 8.68. The minimum absolute atomic E-state index is 0.175. The Kier molecular flexibility index (Phi) is 7.43. The van der Waals surface area contributed by atoms with Crippen LogP contribution in [-0.2, 0) is 4.79 Å². The third-order valence-electron chi connectivity index (χ3n) is 3.81. The molecule has 0 saturated heterocycles. The predicted molar refractivity (Wildman–Crippen MR) is 106 cm³/mol. The quantitative estimate of drug-likeness (QED) is 0.673. The van der Waals surface area contributed by atoms with Crippen molar-refractivity contribution >= 4 is 28.9 Å². The van der Waals surface area contributed by atoms with Crippen molar-refractivity contribution in [3.8, 4) is 23.0 Å². The van der Waals surface area contributed by atoms with Gasteiger partial charge in [-0.2, -0.15) is 0 Å². The Labute approximate surface area is 163 Å². The average molecular weight is 395 g/mol. The smallest absolute Gasteiger partial charge is 0.226 e. The number of hydrogen-bond donors (Lipinski definition) is 2. The van der Waals surface area contributed by atoms with E-state index in [1.807, 2.05) is 12.1 Å². The van der Waals surface area contributed by atoms with Gasteiger partial charge in [0.15, 0.2) is 11.5 Å². The molecular weight excluding hydrogens is 372 g/mol. The third kappa shape index (κ3) is 5.34. The van der Waals surface area contributed by atoms with Crippen LogP contribution in [0.25, 0.3) is 0 Å². The fourth-order valence-corrected chi connectivity index (χ4v) is 2.67. The van der Waals surface area contributed by atoms with Gasteiger partial charge in [0.25, 0.3) is 0 Å². The minimum atomic E-state index is -0.175. The molecule has 0 aliphatic rings. The van der Waals surface area contributed by atoms with E-state index in [0.29, 0.717) is 40.3 Å². The minimum Gasteiger partial charge on any atom is -0.495 e. The van der Waals surface area contributed by atoms with Gasteiger partial charge in [-0.15, -0.1) is 0 Å². The van der Waals surface area contributed by atoms with Gasteiger partial charge in [-0.3, -0.25) is 4.79 Å². The Morgan fingerprint density at radius 2 is 1.56 bits per heavy atom. The average Bonchev–Trinajstić information content (AvgIpc) is 2.68. The molecule has 0 radical (unpaired) electrons. The molecule has 2 aromatic rings. The van der Waals surface area contributed by atoms with Crippen molar-refractivity contribution in [1.29, 1.82) is 0 Å². The monoisotopic (exact) mass is 394 g/mol. The van der Waals surface area contributed by atoms with E-state index in [1.54, 1.807) is 32.4 Å². The molecule has 0 aliphatic heterocycles. The normalized spacial score (nSPS) is 10.1. The summed E-state index contributed by atoms with van der Waals surface area (Å²) in [5.74, 6) is 2.00. The maximum atomic E-state index is 12.3. The molecule has 27 heavy (non-hydrogen) atoms. The first-order valence-corrected chi connectivity index (χ1v) is 8.57. The molecule has 1 amide bonds. The highest BCUT2D eigenvalue weighted by atomic mass is 35.5. The Bertz CT molecular complexity index is 798. The number of ether oxygens (including phenoxy) is 4. The number of carbonyl (C=O) groups is 1. The van der Waals surface area contributed by atoms with Crippen molar-refractivity contribution in [2.75, 3.05) is 45.6 Å². The number of amides is 1. The van der Waals surface area contributed by atoms with E-state index in [9.17, 15) is 4.79 Å². The lowest BCUT2D eigenvalue weighted by Gasteiger charge is -2.14. The van der Waals surface area contributed by atoms with Crippen molar-refractivity contribution < 1.29 is 23.7 Å². The second kappa shape index (κ2) is 9.78. The highest BCUT2D eigenvalue weighted by Crippen LogP contribution is 2.36. The number of hydrogen-bond acceptors (Lipinski definition) is 6. The third-order valence-corrected chi connectivity index (χ3v) is 4.11. The van der Waals surface area contributed by atoms with Crippen LogP contribution >= 0.6 is 11.6 Å². The van der Waals surface area contributed by atoms with Crippen LogP contribution in [0.4, 0.5) is 11.4 Å². The van der Waals surface area contributed by atoms with Crippen LogP contribution in [0.5, 0.6) is 23.0 Å². The van der Waals surface area contributed by atoms with Gasteiger partial charge >= 0.3 is 0 Å². The van der Waals surface area contributed by atoms with Crippen LogP contribution in [0.15, 0.2) is 30.3 Å². The van der Waals surface area contributed by atoms with E-state index < -0.39 is 0 Å². The zero-order chi connectivity index (χ0) is 19.8. The molecule has 2 N–H and O–H groups in total. The Balaban J connectivity index is 1.95. The van der Waals surface area contributed by atoms with Crippen LogP contribution in [0.2, 0.25) is 5.02 Å². The topological polar surface area (TPSA) is 78.1 Å². The zero-order valence-corrected chi connectivity index (χ0v) is 16.5. The largest absolute Gasteiger partial charge is 0.495 e. The van der Waals surface area contributed by atoms with Gasteiger partial charge < -0.3 is 29.6 Å². The van der Waals surface area contributed by atoms with Gasteiger partial charge in [0.05, 0.1) is 39.1 Å². The lowest BCUT2D eigenvalue weighted by atomic mass is 10.2. The van der Waals surface area contributed by atoms with Crippen LogP contribution in [-0.4, -0.2) is 40.9 Å². The van der Waals surface area contributed by atoms with Gasteiger partial charge in [0, 0.05) is 36.9 Å². The zero-order valence-electron chi connectivity index (χ0n) is 15.7. The molecule has 0 aliphatic carbocycles. The van der Waals surface area contributed by atoms with Gasteiger partial charge in [0.1, 0.15) is 11.5 Å². The maximum absolute atomic E-state index is 12.3. The standard InChI is InChI=1S/C19H23ClN2O5/c1-24-15-6-5-12(9-18(15)27-4)21-8-7-19(23)22-14-11-16(25-2)13(20)10-17(14)26-3/h5-6,9-11,21H,7-8H2,1-4H3,(H,22,23). The summed E-state index contributed by atoms with van der Waals surface area (Å²) in [4.78, 5) is 12.3. The number of rotatable bonds is 9. The summed E-state index contributed by atoms with van der Waals surface area (Å²) in [5.41, 5.74) is 1.32. The molecule has 7 nitrogen and oxygen atoms in total. The van der Waals surface area contributed by atoms with Gasteiger partial charge in [-0.25, -0.2) is 0 Å². The van der Waals surface area contributed by atoms with E-state index in [4.69, 9.17) is 30.5 Å². The molecule has 0 heterocycles. The molecule has 0 fully saturated rings. The number of anilines is 2. The van der Waals surface area contributed by atoms with Crippen molar-refractivity contribution in [3.05, 3.63) is 35.4 Å². The molecule has 146 valence electrons. The molecule has 8 heteroatoms. The molecular formula is C19H23ClN2O5. The molecule has 2 rings (SSSR count). The maximum Gasteiger partial charge on any atom is 0.226 e. The van der Waals surface area contributed by atoms with Crippen LogP contribution in [0.1, 0.15) is 6.42 Å². The van der Waals surface area contributed by atoms with E-state index in [1.165, 1.54) is 14.2 Å². The predicted octanol–water partition coefficient (Wildman–Crippen LogP) is 3.82. The van der Waals surface area contributed by atoms with Crippen LogP contribution in [0.3, 0.4) is 0 Å². The van der Waals surface area contributed by atoms with Crippen LogP contribution in [0, 0.1) is 0 Å². The van der Waals surface area contributed by atoms with Crippen molar-refractivity contribution in [3.63, 3.8) is 0 Å². The first kappa shape index (κ1) is 20.5. The Morgan fingerprint density at radius 1 is 0.889 bits per heavy atom. The Morgan fingerprint density at radius 3 is 2.19 bits per heavy atom. The molecule has 0 unspecified atom stereocenters. The number of benzene rings is 2. The molecule has 0 spiro atoms. The van der Waals surface area contributed by atoms with E-state index in [0.717, 1.165) is 5.69 Å². The number of methoxy groups -OCH3 is 4.